The van der Waals surface area contributed by atoms with Crippen LogP contribution in [0.15, 0.2) is 0 Å². The van der Waals surface area contributed by atoms with Crippen LogP contribution in [0.3, 0.4) is 0 Å². The fourth-order valence-electron chi connectivity index (χ4n) is 2.21. The first-order chi connectivity index (χ1) is 8.14. The molecule has 0 aromatic heterocycles. The Labute approximate surface area is 109 Å². The van der Waals surface area contributed by atoms with Gasteiger partial charge in [0.05, 0.1) is 6.61 Å². The number of amides is 1. The zero-order chi connectivity index (χ0) is 14.0. The van der Waals surface area contributed by atoms with E-state index < -0.39 is 11.1 Å². The predicted molar refractivity (Wildman–Crippen MR) is 70.3 cm³/mol. The van der Waals surface area contributed by atoms with Gasteiger partial charge in [0.1, 0.15) is 5.60 Å². The Bertz CT molecular complexity index is 297. The average molecular weight is 258 g/mol. The Morgan fingerprint density at radius 1 is 1.44 bits per heavy atom. The Morgan fingerprint density at radius 2 is 2.06 bits per heavy atom. The summed E-state index contributed by atoms with van der Waals surface area (Å²) in [7, 11) is 0. The van der Waals surface area contributed by atoms with Gasteiger partial charge in [0.25, 0.3) is 0 Å². The quantitative estimate of drug-likeness (QED) is 0.804. The summed E-state index contributed by atoms with van der Waals surface area (Å²) >= 11 is 0. The molecule has 0 aromatic carbocycles. The van der Waals surface area contributed by atoms with Crippen molar-refractivity contribution in [1.82, 2.24) is 4.90 Å². The summed E-state index contributed by atoms with van der Waals surface area (Å²) < 4.78 is 5.38. The Hall–Kier alpha value is -0.810. The molecule has 0 radical (unpaired) electrons. The van der Waals surface area contributed by atoms with Gasteiger partial charge in [-0.1, -0.05) is 0 Å². The van der Waals surface area contributed by atoms with E-state index in [2.05, 4.69) is 0 Å². The largest absolute Gasteiger partial charge is 0.444 e. The van der Waals surface area contributed by atoms with E-state index in [-0.39, 0.29) is 18.7 Å². The topological polar surface area (TPSA) is 75.8 Å². The molecule has 18 heavy (non-hydrogen) atoms. The van der Waals surface area contributed by atoms with Crippen molar-refractivity contribution in [2.24, 2.45) is 5.73 Å². The highest BCUT2D eigenvalue weighted by atomic mass is 16.6. The number of aliphatic hydroxyl groups excluding tert-OH is 1. The lowest BCUT2D eigenvalue weighted by Crippen LogP contribution is -2.48. The smallest absolute Gasteiger partial charge is 0.410 e. The molecule has 0 bridgehead atoms. The second kappa shape index (κ2) is 5.45. The molecule has 1 saturated heterocycles. The van der Waals surface area contributed by atoms with Gasteiger partial charge in [-0.2, -0.15) is 0 Å². The van der Waals surface area contributed by atoms with Crippen molar-refractivity contribution in [3.8, 4) is 0 Å². The number of rotatable bonds is 3. The average Bonchev–Trinajstić information content (AvgIpc) is 2.62. The van der Waals surface area contributed by atoms with Crippen LogP contribution in [0.5, 0.6) is 0 Å². The lowest BCUT2D eigenvalue weighted by molar-refractivity contribution is 0.0195. The molecule has 5 nitrogen and oxygen atoms in total. The molecule has 5 heteroatoms. The van der Waals surface area contributed by atoms with Crippen molar-refractivity contribution in [2.45, 2.75) is 64.1 Å². The van der Waals surface area contributed by atoms with Gasteiger partial charge < -0.3 is 20.5 Å². The van der Waals surface area contributed by atoms with Crippen molar-refractivity contribution >= 4 is 6.09 Å². The van der Waals surface area contributed by atoms with Gasteiger partial charge in [-0.25, -0.2) is 4.79 Å². The van der Waals surface area contributed by atoms with Crippen LogP contribution in [0, 0.1) is 0 Å². The van der Waals surface area contributed by atoms with E-state index in [1.54, 1.807) is 11.8 Å². The molecule has 3 N–H and O–H groups in total. The van der Waals surface area contributed by atoms with Crippen LogP contribution in [-0.2, 0) is 4.74 Å². The number of nitrogens with two attached hydrogens (primary N) is 1. The highest BCUT2D eigenvalue weighted by Crippen LogP contribution is 2.26. The van der Waals surface area contributed by atoms with Crippen LogP contribution >= 0.6 is 0 Å². The molecule has 106 valence electrons. The molecular formula is C13H26N2O3. The predicted octanol–water partition coefficient (Wildman–Crippen LogP) is 1.49. The SMILES string of the molecule is CC(N)(CO)CC1CCCN1C(=O)OC(C)(C)C. The summed E-state index contributed by atoms with van der Waals surface area (Å²) in [5.74, 6) is 0. The standard InChI is InChI=1S/C13H26N2O3/c1-12(2,3)18-11(17)15-7-5-6-10(15)8-13(4,14)9-16/h10,16H,5-9,14H2,1-4H3. The van der Waals surface area contributed by atoms with E-state index in [1.807, 2.05) is 20.8 Å². The van der Waals surface area contributed by atoms with Crippen molar-refractivity contribution in [2.75, 3.05) is 13.2 Å². The second-order valence-corrected chi connectivity index (χ2v) is 6.49. The first kappa shape index (κ1) is 15.2. The summed E-state index contributed by atoms with van der Waals surface area (Å²) in [5, 5.41) is 9.21. The fourth-order valence-corrected chi connectivity index (χ4v) is 2.21. The van der Waals surface area contributed by atoms with Gasteiger partial charge in [0.2, 0.25) is 0 Å². The molecule has 1 fully saturated rings. The Balaban J connectivity index is 2.62. The minimum atomic E-state index is -0.644. The minimum absolute atomic E-state index is 0.0713. The molecule has 2 unspecified atom stereocenters. The molecule has 0 aliphatic carbocycles. The maximum absolute atomic E-state index is 12.0. The van der Waals surface area contributed by atoms with E-state index in [4.69, 9.17) is 10.5 Å². The number of likely N-dealkylation sites (tertiary alicyclic amines) is 1. The van der Waals surface area contributed by atoms with E-state index in [0.29, 0.717) is 13.0 Å². The molecule has 2 atom stereocenters. The van der Waals surface area contributed by atoms with Gasteiger partial charge in [-0.05, 0) is 47.0 Å². The second-order valence-electron chi connectivity index (χ2n) is 6.49. The molecule has 1 rings (SSSR count). The zero-order valence-electron chi connectivity index (χ0n) is 11.9. The van der Waals surface area contributed by atoms with Gasteiger partial charge in [-0.3, -0.25) is 0 Å². The molecule has 1 amide bonds. The van der Waals surface area contributed by atoms with Crippen LogP contribution in [0.25, 0.3) is 0 Å². The number of hydrogen-bond acceptors (Lipinski definition) is 4. The number of carbonyl (C=O) groups excluding carboxylic acids is 1. The van der Waals surface area contributed by atoms with Gasteiger partial charge in [0, 0.05) is 18.1 Å². The summed E-state index contributed by atoms with van der Waals surface area (Å²) in [6.07, 6.45) is 2.21. The monoisotopic (exact) mass is 258 g/mol. The number of hydrogen-bond donors (Lipinski definition) is 2. The third kappa shape index (κ3) is 4.46. The summed E-state index contributed by atoms with van der Waals surface area (Å²) in [6.45, 7) is 8.01. The fraction of sp³-hybridized carbons (Fsp3) is 0.923. The third-order valence-corrected chi connectivity index (χ3v) is 3.07. The first-order valence-corrected chi connectivity index (χ1v) is 6.54. The number of nitrogens with zero attached hydrogens (tertiary/aromatic N) is 1. The third-order valence-electron chi connectivity index (χ3n) is 3.07. The van der Waals surface area contributed by atoms with E-state index >= 15 is 0 Å². The molecule has 1 heterocycles. The minimum Gasteiger partial charge on any atom is -0.444 e. The summed E-state index contributed by atoms with van der Waals surface area (Å²) in [5.41, 5.74) is 4.83. The van der Waals surface area contributed by atoms with Crippen molar-refractivity contribution in [3.05, 3.63) is 0 Å². The zero-order valence-corrected chi connectivity index (χ0v) is 11.9. The molecule has 0 spiro atoms. The Morgan fingerprint density at radius 3 is 2.56 bits per heavy atom. The van der Waals surface area contributed by atoms with Crippen LogP contribution in [0.4, 0.5) is 4.79 Å². The van der Waals surface area contributed by atoms with Crippen LogP contribution in [0.2, 0.25) is 0 Å². The van der Waals surface area contributed by atoms with Crippen molar-refractivity contribution < 1.29 is 14.6 Å². The lowest BCUT2D eigenvalue weighted by atomic mass is 9.94. The number of ether oxygens (including phenoxy) is 1. The summed E-state index contributed by atoms with van der Waals surface area (Å²) in [6, 6.07) is 0.0713. The highest BCUT2D eigenvalue weighted by molar-refractivity contribution is 5.68. The normalized spacial score (nSPS) is 23.9. The van der Waals surface area contributed by atoms with Crippen molar-refractivity contribution in [3.63, 3.8) is 0 Å². The van der Waals surface area contributed by atoms with Gasteiger partial charge >= 0.3 is 6.09 Å². The van der Waals surface area contributed by atoms with Gasteiger partial charge in [0.15, 0.2) is 0 Å². The van der Waals surface area contributed by atoms with Crippen LogP contribution in [-0.4, -0.2) is 46.4 Å². The number of carbonyl (C=O) groups is 1. The maximum atomic E-state index is 12.0. The molecular weight excluding hydrogens is 232 g/mol. The van der Waals surface area contributed by atoms with Crippen LogP contribution in [0.1, 0.15) is 47.0 Å². The summed E-state index contributed by atoms with van der Waals surface area (Å²) in [4.78, 5) is 13.8. The maximum Gasteiger partial charge on any atom is 0.410 e. The molecule has 1 aliphatic rings. The first-order valence-electron chi connectivity index (χ1n) is 6.54. The highest BCUT2D eigenvalue weighted by Gasteiger charge is 2.35. The van der Waals surface area contributed by atoms with E-state index in [0.717, 1.165) is 12.8 Å². The molecule has 1 aliphatic heterocycles. The Kier molecular flexibility index (Phi) is 4.61. The van der Waals surface area contributed by atoms with Gasteiger partial charge in [-0.15, -0.1) is 0 Å². The van der Waals surface area contributed by atoms with E-state index in [1.165, 1.54) is 0 Å². The lowest BCUT2D eigenvalue weighted by Gasteiger charge is -2.32. The number of aliphatic hydroxyl groups is 1. The molecule has 0 saturated carbocycles. The van der Waals surface area contributed by atoms with Crippen LogP contribution < -0.4 is 5.73 Å². The molecule has 0 aromatic rings. The van der Waals surface area contributed by atoms with E-state index in [9.17, 15) is 9.90 Å². The van der Waals surface area contributed by atoms with Crippen molar-refractivity contribution in [1.29, 1.82) is 0 Å².